The van der Waals surface area contributed by atoms with Crippen molar-refractivity contribution < 1.29 is 36.2 Å². The third-order valence-electron chi connectivity index (χ3n) is 7.18. The minimum atomic E-state index is -4.00. The number of ether oxygens (including phenoxy) is 2. The number of nitrogens with one attached hydrogen (secondary N) is 1. The van der Waals surface area contributed by atoms with Crippen LogP contribution < -0.4 is 14.2 Å². The number of carbonyl (C=O) groups excluding carboxylic acids is 1. The number of hydrogen-bond donors (Lipinski definition) is 2. The van der Waals surface area contributed by atoms with Crippen molar-refractivity contribution in [1.82, 2.24) is 9.21 Å². The van der Waals surface area contributed by atoms with Gasteiger partial charge in [0.15, 0.2) is 0 Å². The molecule has 1 aliphatic rings. The predicted octanol–water partition coefficient (Wildman–Crippen LogP) is 3.04. The molecule has 3 aromatic carbocycles. The zero-order valence-electron chi connectivity index (χ0n) is 23.8. The minimum absolute atomic E-state index is 0.00435. The van der Waals surface area contributed by atoms with Crippen molar-refractivity contribution >= 4 is 31.6 Å². The van der Waals surface area contributed by atoms with E-state index in [1.807, 2.05) is 6.92 Å². The molecular weight excluding hydrogens is 582 g/mol. The number of nitrogens with zero attached hydrogens (tertiary/aromatic N) is 2. The number of rotatable bonds is 10. The van der Waals surface area contributed by atoms with E-state index >= 15 is 0 Å². The number of amides is 1. The highest BCUT2D eigenvalue weighted by molar-refractivity contribution is 7.92. The molecule has 11 nitrogen and oxygen atoms in total. The number of likely N-dealkylation sites (N-methyl/N-ethyl adjacent to an activating group) is 1. The van der Waals surface area contributed by atoms with E-state index in [-0.39, 0.29) is 52.4 Å². The van der Waals surface area contributed by atoms with Gasteiger partial charge in [-0.1, -0.05) is 25.1 Å². The average Bonchev–Trinajstić information content (AvgIpc) is 2.99. The van der Waals surface area contributed by atoms with Crippen LogP contribution in [0.25, 0.3) is 0 Å². The zero-order chi connectivity index (χ0) is 30.7. The lowest BCUT2D eigenvalue weighted by molar-refractivity contribution is 0.0387. The van der Waals surface area contributed by atoms with Crippen molar-refractivity contribution in [3.05, 3.63) is 78.4 Å². The molecule has 0 saturated heterocycles. The molecule has 42 heavy (non-hydrogen) atoms. The highest BCUT2D eigenvalue weighted by atomic mass is 32.2. The lowest BCUT2D eigenvalue weighted by atomic mass is 9.99. The number of aliphatic hydroxyl groups is 1. The second-order valence-electron chi connectivity index (χ2n) is 10.2. The number of methoxy groups -OCH3 is 1. The standard InChI is InChI=1S/C29H35N3O8S2/c1-20-17-32(21(2)19-33)29(34)26-16-22(30-41(35,36)24-13-11-23(39-4)12-14-24)10-15-27(26)40-28(20)18-31(3)42(37,38)25-8-6-5-7-9-25/h5-16,20-21,28,30,33H,17-19H2,1-4H3/t20-,21+,28+/m1/s1. The maximum Gasteiger partial charge on any atom is 0.261 e. The van der Waals surface area contributed by atoms with E-state index in [2.05, 4.69) is 4.72 Å². The van der Waals surface area contributed by atoms with Gasteiger partial charge in [0, 0.05) is 25.2 Å². The Bertz CT molecular complexity index is 1610. The third-order valence-corrected chi connectivity index (χ3v) is 10.4. The number of sulfonamides is 2. The molecule has 0 fully saturated rings. The normalized spacial score (nSPS) is 18.4. The molecule has 1 amide bonds. The van der Waals surface area contributed by atoms with Crippen molar-refractivity contribution in [1.29, 1.82) is 0 Å². The first-order chi connectivity index (χ1) is 19.9. The average molecular weight is 618 g/mol. The summed E-state index contributed by atoms with van der Waals surface area (Å²) in [4.78, 5) is 15.3. The molecule has 0 saturated carbocycles. The van der Waals surface area contributed by atoms with E-state index in [1.54, 1.807) is 25.1 Å². The fraction of sp³-hybridized carbons (Fsp3) is 0.345. The van der Waals surface area contributed by atoms with Gasteiger partial charge in [-0.05, 0) is 61.5 Å². The molecule has 13 heteroatoms. The summed E-state index contributed by atoms with van der Waals surface area (Å²) in [6.45, 7) is 3.40. The van der Waals surface area contributed by atoms with E-state index in [0.717, 1.165) is 0 Å². The van der Waals surface area contributed by atoms with E-state index in [9.17, 15) is 26.7 Å². The molecule has 0 aromatic heterocycles. The van der Waals surface area contributed by atoms with Gasteiger partial charge in [0.2, 0.25) is 10.0 Å². The Morgan fingerprint density at radius 3 is 2.33 bits per heavy atom. The van der Waals surface area contributed by atoms with Gasteiger partial charge in [0.25, 0.3) is 15.9 Å². The molecule has 3 atom stereocenters. The van der Waals surface area contributed by atoms with Crippen LogP contribution in [0.15, 0.2) is 82.6 Å². The maximum absolute atomic E-state index is 13.7. The Kier molecular flexibility index (Phi) is 9.46. The zero-order valence-corrected chi connectivity index (χ0v) is 25.4. The van der Waals surface area contributed by atoms with Gasteiger partial charge in [-0.25, -0.2) is 16.8 Å². The fourth-order valence-electron chi connectivity index (χ4n) is 4.60. The van der Waals surface area contributed by atoms with Gasteiger partial charge in [-0.3, -0.25) is 9.52 Å². The molecule has 3 aromatic rings. The number of hydrogen-bond acceptors (Lipinski definition) is 8. The Morgan fingerprint density at radius 2 is 1.71 bits per heavy atom. The highest BCUT2D eigenvalue weighted by Crippen LogP contribution is 2.32. The SMILES string of the molecule is COc1ccc(S(=O)(=O)Nc2ccc3c(c2)C(=O)N([C@@H](C)CO)C[C@@H](C)[C@H](CN(C)S(=O)(=O)c2ccccc2)O3)cc1. The monoisotopic (exact) mass is 617 g/mol. The topological polar surface area (TPSA) is 143 Å². The second kappa shape index (κ2) is 12.7. The van der Waals surface area contributed by atoms with E-state index < -0.39 is 38.1 Å². The van der Waals surface area contributed by atoms with Gasteiger partial charge in [-0.15, -0.1) is 0 Å². The lowest BCUT2D eigenvalue weighted by Crippen LogP contribution is -2.50. The summed E-state index contributed by atoms with van der Waals surface area (Å²) in [5.74, 6) is -0.100. The van der Waals surface area contributed by atoms with E-state index in [1.165, 1.54) is 78.0 Å². The molecule has 0 aliphatic carbocycles. The largest absolute Gasteiger partial charge is 0.497 e. The van der Waals surface area contributed by atoms with E-state index in [0.29, 0.717) is 5.75 Å². The molecule has 0 radical (unpaired) electrons. The van der Waals surface area contributed by atoms with Crippen LogP contribution in [0.5, 0.6) is 11.5 Å². The van der Waals surface area contributed by atoms with Crippen molar-refractivity contribution in [3.8, 4) is 11.5 Å². The Morgan fingerprint density at radius 1 is 1.05 bits per heavy atom. The van der Waals surface area contributed by atoms with Crippen LogP contribution in [0.2, 0.25) is 0 Å². The summed E-state index contributed by atoms with van der Waals surface area (Å²) < 4.78 is 67.6. The van der Waals surface area contributed by atoms with Crippen molar-refractivity contribution in [2.75, 3.05) is 38.6 Å². The summed E-state index contributed by atoms with van der Waals surface area (Å²) in [6, 6.07) is 17.7. The molecule has 1 heterocycles. The summed E-state index contributed by atoms with van der Waals surface area (Å²) in [5.41, 5.74) is 0.211. The van der Waals surface area contributed by atoms with Crippen LogP contribution in [0.1, 0.15) is 24.2 Å². The Balaban J connectivity index is 1.67. The van der Waals surface area contributed by atoms with Gasteiger partial charge in [0.05, 0.1) is 41.7 Å². The summed E-state index contributed by atoms with van der Waals surface area (Å²) in [6.07, 6.45) is -0.671. The molecule has 226 valence electrons. The fourth-order valence-corrected chi connectivity index (χ4v) is 6.85. The van der Waals surface area contributed by atoms with Crippen LogP contribution >= 0.6 is 0 Å². The van der Waals surface area contributed by atoms with Gasteiger partial charge >= 0.3 is 0 Å². The Labute approximate surface area is 246 Å². The van der Waals surface area contributed by atoms with Crippen molar-refractivity contribution in [2.24, 2.45) is 5.92 Å². The number of carbonyl (C=O) groups is 1. The first-order valence-corrected chi connectivity index (χ1v) is 16.2. The van der Waals surface area contributed by atoms with Crippen LogP contribution in [-0.2, 0) is 20.0 Å². The number of aliphatic hydroxyl groups excluding tert-OH is 1. The first-order valence-electron chi connectivity index (χ1n) is 13.3. The maximum atomic E-state index is 13.7. The lowest BCUT2D eigenvalue weighted by Gasteiger charge is -2.38. The van der Waals surface area contributed by atoms with Crippen molar-refractivity contribution in [3.63, 3.8) is 0 Å². The molecule has 0 spiro atoms. The number of fused-ring (bicyclic) bond motifs is 1. The molecule has 4 rings (SSSR count). The van der Waals surface area contributed by atoms with Crippen LogP contribution in [0.3, 0.4) is 0 Å². The van der Waals surface area contributed by atoms with Crippen LogP contribution in [-0.4, -0.2) is 83.1 Å². The first kappa shape index (κ1) is 31.3. The molecule has 0 unspecified atom stereocenters. The predicted molar refractivity (Wildman–Crippen MR) is 158 cm³/mol. The minimum Gasteiger partial charge on any atom is -0.497 e. The molecular formula is C29H35N3O8S2. The number of anilines is 1. The molecule has 1 aliphatic heterocycles. The smallest absolute Gasteiger partial charge is 0.261 e. The quantitative estimate of drug-likeness (QED) is 0.354. The molecule has 2 N–H and O–H groups in total. The second-order valence-corrected chi connectivity index (χ2v) is 13.9. The van der Waals surface area contributed by atoms with Crippen LogP contribution in [0, 0.1) is 5.92 Å². The highest BCUT2D eigenvalue weighted by Gasteiger charge is 2.35. The molecule has 0 bridgehead atoms. The summed E-state index contributed by atoms with van der Waals surface area (Å²) in [7, 11) is -4.87. The van der Waals surface area contributed by atoms with E-state index in [4.69, 9.17) is 9.47 Å². The summed E-state index contributed by atoms with van der Waals surface area (Å²) >= 11 is 0. The van der Waals surface area contributed by atoms with Gasteiger partial charge in [0.1, 0.15) is 17.6 Å². The van der Waals surface area contributed by atoms with Crippen LogP contribution in [0.4, 0.5) is 5.69 Å². The number of benzene rings is 3. The van der Waals surface area contributed by atoms with Crippen molar-refractivity contribution in [2.45, 2.75) is 35.8 Å². The van der Waals surface area contributed by atoms with Gasteiger partial charge < -0.3 is 19.5 Å². The summed E-state index contributed by atoms with van der Waals surface area (Å²) in [5, 5.41) is 9.90. The van der Waals surface area contributed by atoms with Gasteiger partial charge in [-0.2, -0.15) is 4.31 Å². The third kappa shape index (κ3) is 6.70. The Hall–Kier alpha value is -3.65.